The fraction of sp³-hybridized carbons (Fsp3) is 0.538. The third kappa shape index (κ3) is 3.73. The van der Waals surface area contributed by atoms with E-state index in [9.17, 15) is 8.78 Å². The van der Waals surface area contributed by atoms with Crippen LogP contribution in [0.25, 0.3) is 0 Å². The molecule has 102 valence electrons. The maximum Gasteiger partial charge on any atom is 0.145 e. The number of methoxy groups -OCH3 is 1. The van der Waals surface area contributed by atoms with Crippen molar-refractivity contribution in [2.45, 2.75) is 31.9 Å². The molecule has 0 fully saturated rings. The highest BCUT2D eigenvalue weighted by molar-refractivity contribution is 9.10. The van der Waals surface area contributed by atoms with Gasteiger partial charge in [-0.15, -0.1) is 0 Å². The first-order valence-electron chi connectivity index (χ1n) is 5.84. The molecule has 0 heterocycles. The van der Waals surface area contributed by atoms with Crippen molar-refractivity contribution in [2.24, 2.45) is 0 Å². The van der Waals surface area contributed by atoms with E-state index < -0.39 is 11.6 Å². The van der Waals surface area contributed by atoms with Crippen molar-refractivity contribution < 1.29 is 13.5 Å². The molecule has 5 heteroatoms. The molecule has 0 spiro atoms. The molecule has 0 aliphatic rings. The van der Waals surface area contributed by atoms with Crippen LogP contribution in [0.3, 0.4) is 0 Å². The largest absolute Gasteiger partial charge is 0.382 e. The summed E-state index contributed by atoms with van der Waals surface area (Å²) in [5.74, 6) is -1.07. The zero-order valence-corrected chi connectivity index (χ0v) is 12.4. The van der Waals surface area contributed by atoms with Gasteiger partial charge in [-0.25, -0.2) is 8.78 Å². The number of hydrogen-bond acceptors (Lipinski definition) is 2. The van der Waals surface area contributed by atoms with E-state index in [1.807, 2.05) is 6.92 Å². The van der Waals surface area contributed by atoms with Gasteiger partial charge in [0.15, 0.2) is 0 Å². The van der Waals surface area contributed by atoms with Crippen LogP contribution in [-0.4, -0.2) is 20.3 Å². The Morgan fingerprint density at radius 2 is 2.00 bits per heavy atom. The van der Waals surface area contributed by atoms with Crippen LogP contribution in [-0.2, 0) is 4.74 Å². The monoisotopic (exact) mass is 321 g/mol. The van der Waals surface area contributed by atoms with E-state index >= 15 is 0 Å². The predicted molar refractivity (Wildman–Crippen MR) is 71.6 cm³/mol. The van der Waals surface area contributed by atoms with Gasteiger partial charge in [0.25, 0.3) is 0 Å². The lowest BCUT2D eigenvalue weighted by atomic mass is 9.99. The second-order valence-corrected chi connectivity index (χ2v) is 5.08. The lowest BCUT2D eigenvalue weighted by Gasteiger charge is -2.20. The Hall–Kier alpha value is -0.520. The Balaban J connectivity index is 2.91. The van der Waals surface area contributed by atoms with Gasteiger partial charge in [0.2, 0.25) is 0 Å². The zero-order valence-electron chi connectivity index (χ0n) is 10.8. The maximum atomic E-state index is 13.9. The standard InChI is InChI=1S/C13H18BrF2NO/c1-8(18-3)4-7-11(17-2)12-10(15)6-5-9(14)13(12)16/h5-6,8,11,17H,4,7H2,1-3H3. The first-order valence-corrected chi connectivity index (χ1v) is 6.64. The van der Waals surface area contributed by atoms with E-state index in [4.69, 9.17) is 4.74 Å². The van der Waals surface area contributed by atoms with Crippen molar-refractivity contribution in [1.82, 2.24) is 5.32 Å². The molecule has 2 unspecified atom stereocenters. The van der Waals surface area contributed by atoms with Crippen molar-refractivity contribution in [2.75, 3.05) is 14.2 Å². The maximum absolute atomic E-state index is 13.9. The molecule has 0 aliphatic carbocycles. The van der Waals surface area contributed by atoms with Gasteiger partial charge < -0.3 is 10.1 Å². The minimum atomic E-state index is -0.542. The molecule has 18 heavy (non-hydrogen) atoms. The summed E-state index contributed by atoms with van der Waals surface area (Å²) >= 11 is 3.08. The normalized spacial score (nSPS) is 14.6. The minimum Gasteiger partial charge on any atom is -0.382 e. The Morgan fingerprint density at radius 3 is 2.56 bits per heavy atom. The highest BCUT2D eigenvalue weighted by Gasteiger charge is 2.21. The molecule has 0 aromatic heterocycles. The third-order valence-corrected chi connectivity index (χ3v) is 3.65. The average molecular weight is 322 g/mol. The first kappa shape index (κ1) is 15.5. The molecule has 1 rings (SSSR count). The van der Waals surface area contributed by atoms with Crippen LogP contribution in [0.2, 0.25) is 0 Å². The molecular formula is C13H18BrF2NO. The van der Waals surface area contributed by atoms with Crippen molar-refractivity contribution >= 4 is 15.9 Å². The smallest absolute Gasteiger partial charge is 0.145 e. The molecule has 2 nitrogen and oxygen atoms in total. The molecule has 1 N–H and O–H groups in total. The number of rotatable bonds is 6. The van der Waals surface area contributed by atoms with Crippen LogP contribution in [0.4, 0.5) is 8.78 Å². The molecule has 0 saturated carbocycles. The highest BCUT2D eigenvalue weighted by Crippen LogP contribution is 2.29. The Labute approximate surface area is 115 Å². The predicted octanol–water partition coefficient (Wildman–Crippen LogP) is 3.80. The number of hydrogen-bond donors (Lipinski definition) is 1. The van der Waals surface area contributed by atoms with Crippen molar-refractivity contribution in [3.8, 4) is 0 Å². The average Bonchev–Trinajstić information content (AvgIpc) is 2.37. The molecule has 0 saturated heterocycles. The lowest BCUT2D eigenvalue weighted by molar-refractivity contribution is 0.106. The Kier molecular flexibility index (Phi) is 6.18. The zero-order chi connectivity index (χ0) is 13.7. The van der Waals surface area contributed by atoms with Crippen molar-refractivity contribution in [3.63, 3.8) is 0 Å². The fourth-order valence-corrected chi connectivity index (χ4v) is 2.16. The quantitative estimate of drug-likeness (QED) is 0.805. The molecular weight excluding hydrogens is 304 g/mol. The van der Waals surface area contributed by atoms with E-state index in [0.29, 0.717) is 6.42 Å². The summed E-state index contributed by atoms with van der Waals surface area (Å²) < 4.78 is 33.1. The van der Waals surface area contributed by atoms with E-state index in [2.05, 4.69) is 21.2 Å². The summed E-state index contributed by atoms with van der Waals surface area (Å²) in [7, 11) is 3.32. The summed E-state index contributed by atoms with van der Waals surface area (Å²) in [4.78, 5) is 0. The number of halogens is 3. The second kappa shape index (κ2) is 7.16. The van der Waals surface area contributed by atoms with Gasteiger partial charge in [0, 0.05) is 18.7 Å². The van der Waals surface area contributed by atoms with E-state index in [1.54, 1.807) is 14.2 Å². The van der Waals surface area contributed by atoms with E-state index in [0.717, 1.165) is 6.42 Å². The van der Waals surface area contributed by atoms with Crippen LogP contribution >= 0.6 is 15.9 Å². The first-order chi connectivity index (χ1) is 8.51. The molecule has 0 aliphatic heterocycles. The molecule has 0 radical (unpaired) electrons. The molecule has 1 aromatic carbocycles. The lowest BCUT2D eigenvalue weighted by Crippen LogP contribution is -2.21. The Bertz CT molecular complexity index is 401. The minimum absolute atomic E-state index is 0.0686. The summed E-state index contributed by atoms with van der Waals surface area (Å²) in [5, 5.41) is 2.95. The summed E-state index contributed by atoms with van der Waals surface area (Å²) in [6.45, 7) is 1.93. The second-order valence-electron chi connectivity index (χ2n) is 4.22. The number of ether oxygens (including phenoxy) is 1. The van der Waals surface area contributed by atoms with Gasteiger partial charge in [0.05, 0.1) is 10.6 Å². The molecule has 0 amide bonds. The summed E-state index contributed by atoms with van der Waals surface area (Å²) in [5.41, 5.74) is 0.0789. The van der Waals surface area contributed by atoms with Gasteiger partial charge in [-0.1, -0.05) is 0 Å². The number of benzene rings is 1. The fourth-order valence-electron chi connectivity index (χ4n) is 1.81. The van der Waals surface area contributed by atoms with Crippen LogP contribution in [0.1, 0.15) is 31.4 Å². The number of nitrogens with one attached hydrogen (secondary N) is 1. The molecule has 2 atom stereocenters. The van der Waals surface area contributed by atoms with Crippen LogP contribution in [0.15, 0.2) is 16.6 Å². The summed E-state index contributed by atoms with van der Waals surface area (Å²) in [6, 6.07) is 2.28. The van der Waals surface area contributed by atoms with Crippen LogP contribution in [0, 0.1) is 11.6 Å². The molecule has 1 aromatic rings. The highest BCUT2D eigenvalue weighted by atomic mass is 79.9. The van der Waals surface area contributed by atoms with E-state index in [-0.39, 0.29) is 22.2 Å². The summed E-state index contributed by atoms with van der Waals surface area (Å²) in [6.07, 6.45) is 1.41. The van der Waals surface area contributed by atoms with Gasteiger partial charge in [0.1, 0.15) is 11.6 Å². The van der Waals surface area contributed by atoms with Crippen LogP contribution in [0.5, 0.6) is 0 Å². The van der Waals surface area contributed by atoms with Gasteiger partial charge in [-0.05, 0) is 54.9 Å². The van der Waals surface area contributed by atoms with Crippen molar-refractivity contribution in [3.05, 3.63) is 33.8 Å². The Morgan fingerprint density at radius 1 is 1.33 bits per heavy atom. The van der Waals surface area contributed by atoms with Gasteiger partial charge in [-0.2, -0.15) is 0 Å². The third-order valence-electron chi connectivity index (χ3n) is 3.04. The SMILES string of the molecule is CNC(CCC(C)OC)c1c(F)ccc(Br)c1F. The topological polar surface area (TPSA) is 21.3 Å². The van der Waals surface area contributed by atoms with Crippen molar-refractivity contribution in [1.29, 1.82) is 0 Å². The van der Waals surface area contributed by atoms with Crippen LogP contribution < -0.4 is 5.32 Å². The van der Waals surface area contributed by atoms with Gasteiger partial charge >= 0.3 is 0 Å². The van der Waals surface area contributed by atoms with E-state index in [1.165, 1.54) is 12.1 Å². The molecule has 0 bridgehead atoms. The van der Waals surface area contributed by atoms with Gasteiger partial charge in [-0.3, -0.25) is 0 Å².